The van der Waals surface area contributed by atoms with Crippen LogP contribution in [-0.4, -0.2) is 7.05 Å². The van der Waals surface area contributed by atoms with Crippen molar-refractivity contribution in [1.29, 1.82) is 0 Å². The Morgan fingerprint density at radius 3 is 2.03 bits per heavy atom. The largest absolute Gasteiger partial charge is 0.536 e. The third kappa shape index (κ3) is 3.14. The highest BCUT2D eigenvalue weighted by molar-refractivity contribution is 6.77. The van der Waals surface area contributed by atoms with E-state index in [2.05, 4.69) is 138 Å². The highest BCUT2D eigenvalue weighted by Crippen LogP contribution is 2.48. The van der Waals surface area contributed by atoms with Crippen LogP contribution in [0.2, 0.25) is 0 Å². The first-order chi connectivity index (χ1) is 18.3. The van der Waals surface area contributed by atoms with E-state index in [1.165, 1.54) is 49.7 Å². The predicted molar refractivity (Wildman–Crippen MR) is 155 cm³/mol. The van der Waals surface area contributed by atoms with Crippen molar-refractivity contribution in [3.05, 3.63) is 133 Å². The maximum atomic E-state index is 6.65. The molecule has 0 fully saturated rings. The number of para-hydroxylation sites is 1. The van der Waals surface area contributed by atoms with Crippen LogP contribution in [0, 0.1) is 0 Å². The Morgan fingerprint density at radius 1 is 0.459 bits per heavy atom. The van der Waals surface area contributed by atoms with Gasteiger partial charge in [0, 0.05) is 11.3 Å². The molecule has 0 amide bonds. The number of fused-ring (bicyclic) bond motifs is 9. The summed E-state index contributed by atoms with van der Waals surface area (Å²) in [6, 6.07) is 47.8. The van der Waals surface area contributed by atoms with E-state index in [4.69, 9.17) is 4.65 Å². The topological polar surface area (TPSA) is 12.5 Å². The maximum Gasteiger partial charge on any atom is 0.524 e. The van der Waals surface area contributed by atoms with Gasteiger partial charge in [-0.15, -0.1) is 0 Å². The van der Waals surface area contributed by atoms with Crippen LogP contribution in [0.25, 0.3) is 44.2 Å². The SMILES string of the molecule is c1cc(-c2ccc3c(c2)OB2c4ccccc4-c4ccccc4N23)cc(-c2ccc3ccccc3c2)c1. The van der Waals surface area contributed by atoms with Crippen molar-refractivity contribution in [2.45, 2.75) is 0 Å². The van der Waals surface area contributed by atoms with Crippen LogP contribution in [0.4, 0.5) is 11.4 Å². The first-order valence-electron chi connectivity index (χ1n) is 12.7. The smallest absolute Gasteiger partial charge is 0.524 e. The van der Waals surface area contributed by atoms with E-state index in [1.807, 2.05) is 0 Å². The fraction of sp³-hybridized carbons (Fsp3) is 0. The van der Waals surface area contributed by atoms with Gasteiger partial charge in [0.1, 0.15) is 5.75 Å². The molecule has 2 nitrogen and oxygen atoms in total. The molecule has 0 saturated heterocycles. The minimum Gasteiger partial charge on any atom is -0.536 e. The fourth-order valence-electron chi connectivity index (χ4n) is 5.86. The Kier molecular flexibility index (Phi) is 4.35. The van der Waals surface area contributed by atoms with Gasteiger partial charge in [0.25, 0.3) is 0 Å². The molecule has 0 radical (unpaired) electrons. The molecule has 0 N–H and O–H groups in total. The standard InChI is InChI=1S/C34H22BNO/c1-2-9-24-20-27(17-16-23(24)8-1)25-10-7-11-26(21-25)28-18-19-33-34(22-28)37-35-31-14-5-3-12-29(31)30-13-4-6-15-32(30)36(33)35/h1-22H. The minimum atomic E-state index is -0.153. The number of hydrogen-bond acceptors (Lipinski definition) is 2. The number of hydrogen-bond donors (Lipinski definition) is 0. The number of anilines is 2. The van der Waals surface area contributed by atoms with Gasteiger partial charge in [0.15, 0.2) is 0 Å². The zero-order chi connectivity index (χ0) is 24.3. The lowest BCUT2D eigenvalue weighted by Crippen LogP contribution is -2.50. The van der Waals surface area contributed by atoms with E-state index in [0.29, 0.717) is 0 Å². The summed E-state index contributed by atoms with van der Waals surface area (Å²) >= 11 is 0. The molecule has 0 unspecified atom stereocenters. The lowest BCUT2D eigenvalue weighted by Gasteiger charge is -2.31. The number of benzene rings is 6. The molecule has 8 rings (SSSR count). The molecule has 0 aliphatic carbocycles. The summed E-state index contributed by atoms with van der Waals surface area (Å²) in [7, 11) is -0.153. The first-order valence-corrected chi connectivity index (χ1v) is 12.7. The van der Waals surface area contributed by atoms with Crippen LogP contribution >= 0.6 is 0 Å². The lowest BCUT2D eigenvalue weighted by atomic mass is 9.65. The van der Waals surface area contributed by atoms with E-state index in [9.17, 15) is 0 Å². The molecule has 2 heterocycles. The van der Waals surface area contributed by atoms with E-state index < -0.39 is 0 Å². The van der Waals surface area contributed by atoms with Crippen LogP contribution in [0.5, 0.6) is 5.75 Å². The van der Waals surface area contributed by atoms with Crippen molar-refractivity contribution in [2.24, 2.45) is 0 Å². The Morgan fingerprint density at radius 2 is 1.14 bits per heavy atom. The molecule has 3 heteroatoms. The fourth-order valence-corrected chi connectivity index (χ4v) is 5.86. The van der Waals surface area contributed by atoms with Gasteiger partial charge >= 0.3 is 7.05 Å². The number of nitrogens with zero attached hydrogens (tertiary/aromatic N) is 1. The molecule has 0 atom stereocenters. The highest BCUT2D eigenvalue weighted by atomic mass is 16.5. The quantitative estimate of drug-likeness (QED) is 0.237. The molecule has 2 aliphatic rings. The molecule has 6 aromatic carbocycles. The normalized spacial score (nSPS) is 13.0. The van der Waals surface area contributed by atoms with Crippen molar-refractivity contribution < 1.29 is 4.65 Å². The molecule has 6 aromatic rings. The average Bonchev–Trinajstić information content (AvgIpc) is 3.36. The van der Waals surface area contributed by atoms with Crippen molar-refractivity contribution in [1.82, 2.24) is 0 Å². The van der Waals surface area contributed by atoms with Gasteiger partial charge in [-0.05, 0) is 74.4 Å². The summed E-state index contributed by atoms with van der Waals surface area (Å²) in [5.41, 5.74) is 10.8. The molecule has 0 saturated carbocycles. The van der Waals surface area contributed by atoms with E-state index in [1.54, 1.807) is 0 Å². The molecular formula is C34H22BNO. The van der Waals surface area contributed by atoms with Gasteiger partial charge in [-0.1, -0.05) is 103 Å². The summed E-state index contributed by atoms with van der Waals surface area (Å²) in [5.74, 6) is 0.921. The van der Waals surface area contributed by atoms with Crippen molar-refractivity contribution in [3.63, 3.8) is 0 Å². The van der Waals surface area contributed by atoms with Crippen molar-refractivity contribution >= 4 is 34.7 Å². The van der Waals surface area contributed by atoms with E-state index >= 15 is 0 Å². The molecule has 0 spiro atoms. The van der Waals surface area contributed by atoms with Crippen LogP contribution in [0.3, 0.4) is 0 Å². The summed E-state index contributed by atoms with van der Waals surface area (Å²) in [5, 5.41) is 2.52. The first kappa shape index (κ1) is 20.4. The third-order valence-electron chi connectivity index (χ3n) is 7.65. The monoisotopic (exact) mass is 471 g/mol. The zero-order valence-corrected chi connectivity index (χ0v) is 20.1. The second kappa shape index (κ2) is 7.87. The van der Waals surface area contributed by atoms with E-state index in [0.717, 1.165) is 17.0 Å². The number of rotatable bonds is 2. The Balaban J connectivity index is 1.20. The Bertz CT molecular complexity index is 1840. The molecule has 0 aromatic heterocycles. The predicted octanol–water partition coefficient (Wildman–Crippen LogP) is 8.08. The van der Waals surface area contributed by atoms with Crippen LogP contribution in [-0.2, 0) is 0 Å². The lowest BCUT2D eigenvalue weighted by molar-refractivity contribution is 0.603. The van der Waals surface area contributed by atoms with Gasteiger partial charge in [-0.2, -0.15) is 0 Å². The molecule has 2 aliphatic heterocycles. The molecule has 172 valence electrons. The van der Waals surface area contributed by atoms with Crippen LogP contribution in [0.15, 0.2) is 133 Å². The molecule has 0 bridgehead atoms. The summed E-state index contributed by atoms with van der Waals surface area (Å²) in [6.45, 7) is 0. The van der Waals surface area contributed by atoms with Crippen molar-refractivity contribution in [2.75, 3.05) is 4.81 Å². The van der Waals surface area contributed by atoms with Gasteiger partial charge in [0.05, 0.1) is 5.69 Å². The Labute approximate surface area is 216 Å². The van der Waals surface area contributed by atoms with Gasteiger partial charge < -0.3 is 9.47 Å². The second-order valence-corrected chi connectivity index (χ2v) is 9.77. The van der Waals surface area contributed by atoms with Gasteiger partial charge in [0.2, 0.25) is 0 Å². The van der Waals surface area contributed by atoms with E-state index in [-0.39, 0.29) is 7.05 Å². The molecule has 37 heavy (non-hydrogen) atoms. The Hall–Kier alpha value is -4.76. The summed E-state index contributed by atoms with van der Waals surface area (Å²) < 4.78 is 6.65. The van der Waals surface area contributed by atoms with Crippen LogP contribution in [0.1, 0.15) is 0 Å². The minimum absolute atomic E-state index is 0.153. The summed E-state index contributed by atoms with van der Waals surface area (Å²) in [6.07, 6.45) is 0. The second-order valence-electron chi connectivity index (χ2n) is 9.77. The zero-order valence-electron chi connectivity index (χ0n) is 20.1. The summed E-state index contributed by atoms with van der Waals surface area (Å²) in [4.78, 5) is 2.34. The maximum absolute atomic E-state index is 6.65. The third-order valence-corrected chi connectivity index (χ3v) is 7.65. The molecular weight excluding hydrogens is 449 g/mol. The highest BCUT2D eigenvalue weighted by Gasteiger charge is 2.44. The van der Waals surface area contributed by atoms with Crippen LogP contribution < -0.4 is 14.9 Å². The average molecular weight is 471 g/mol. The van der Waals surface area contributed by atoms with Crippen molar-refractivity contribution in [3.8, 4) is 39.1 Å². The van der Waals surface area contributed by atoms with Gasteiger partial charge in [-0.3, -0.25) is 0 Å². The van der Waals surface area contributed by atoms with Gasteiger partial charge in [-0.25, -0.2) is 0 Å².